The van der Waals surface area contributed by atoms with E-state index in [0.29, 0.717) is 22.3 Å². The normalized spacial score (nSPS) is 13.2. The van der Waals surface area contributed by atoms with Gasteiger partial charge in [-0.2, -0.15) is 0 Å². The third-order valence-corrected chi connectivity index (χ3v) is 3.91. The van der Waals surface area contributed by atoms with E-state index in [4.69, 9.17) is 0 Å². The fourth-order valence-electron chi connectivity index (χ4n) is 2.28. The summed E-state index contributed by atoms with van der Waals surface area (Å²) in [7, 11) is 0. The summed E-state index contributed by atoms with van der Waals surface area (Å²) < 4.78 is 0. The van der Waals surface area contributed by atoms with Crippen molar-refractivity contribution in [3.8, 4) is 0 Å². The summed E-state index contributed by atoms with van der Waals surface area (Å²) in [4.78, 5) is 25.7. The Balaban J connectivity index is 2.34. The van der Waals surface area contributed by atoms with Gasteiger partial charge in [-0.3, -0.25) is 9.59 Å². The van der Waals surface area contributed by atoms with Crippen LogP contribution in [-0.4, -0.2) is 17.8 Å². The van der Waals surface area contributed by atoms with Crippen LogP contribution in [0.15, 0.2) is 47.4 Å². The SMILES string of the molecule is CSc1cccc2c1C(=O)c1ccccc1C2=O. The minimum absolute atomic E-state index is 0.0508. The molecule has 0 heterocycles. The van der Waals surface area contributed by atoms with E-state index in [1.54, 1.807) is 30.3 Å². The van der Waals surface area contributed by atoms with Gasteiger partial charge in [0.15, 0.2) is 11.6 Å². The predicted molar refractivity (Wildman–Crippen MR) is 71.5 cm³/mol. The van der Waals surface area contributed by atoms with Gasteiger partial charge >= 0.3 is 0 Å². The first-order chi connectivity index (χ1) is 8.74. The van der Waals surface area contributed by atoms with E-state index < -0.39 is 0 Å². The Hall–Kier alpha value is -1.87. The summed E-state index contributed by atoms with van der Waals surface area (Å²) in [5, 5.41) is 0. The number of carbonyl (C=O) groups is 2. The Morgan fingerprint density at radius 3 is 2.06 bits per heavy atom. The topological polar surface area (TPSA) is 34.1 Å². The zero-order valence-electron chi connectivity index (χ0n) is 9.77. The highest BCUT2D eigenvalue weighted by atomic mass is 32.2. The second kappa shape index (κ2) is 4.10. The van der Waals surface area contributed by atoms with E-state index in [2.05, 4.69) is 0 Å². The highest BCUT2D eigenvalue weighted by Crippen LogP contribution is 2.32. The molecular weight excluding hydrogens is 244 g/mol. The predicted octanol–water partition coefficient (Wildman–Crippen LogP) is 3.18. The van der Waals surface area contributed by atoms with Gasteiger partial charge in [-0.1, -0.05) is 36.4 Å². The van der Waals surface area contributed by atoms with E-state index in [9.17, 15) is 9.59 Å². The molecule has 0 fully saturated rings. The Labute approximate surface area is 109 Å². The van der Waals surface area contributed by atoms with Gasteiger partial charge in [0.25, 0.3) is 0 Å². The number of hydrogen-bond acceptors (Lipinski definition) is 3. The lowest BCUT2D eigenvalue weighted by Crippen LogP contribution is -2.21. The summed E-state index contributed by atoms with van der Waals surface area (Å²) >= 11 is 1.49. The molecule has 0 saturated heterocycles. The van der Waals surface area contributed by atoms with Crippen LogP contribution < -0.4 is 0 Å². The minimum atomic E-state index is -0.0592. The van der Waals surface area contributed by atoms with Crippen LogP contribution in [0.2, 0.25) is 0 Å². The summed E-state index contributed by atoms with van der Waals surface area (Å²) in [6.45, 7) is 0. The maximum absolute atomic E-state index is 12.5. The second-order valence-corrected chi connectivity index (χ2v) is 4.93. The molecule has 0 atom stereocenters. The molecule has 3 rings (SSSR count). The Bertz CT molecular complexity index is 674. The number of fused-ring (bicyclic) bond motifs is 2. The molecule has 0 radical (unpaired) electrons. The van der Waals surface area contributed by atoms with Crippen molar-refractivity contribution in [1.82, 2.24) is 0 Å². The molecule has 1 aliphatic carbocycles. The molecule has 2 nitrogen and oxygen atoms in total. The molecule has 0 aromatic heterocycles. The number of benzene rings is 2. The zero-order chi connectivity index (χ0) is 12.7. The van der Waals surface area contributed by atoms with Gasteiger partial charge in [-0.25, -0.2) is 0 Å². The third-order valence-electron chi connectivity index (χ3n) is 3.13. The van der Waals surface area contributed by atoms with Crippen molar-refractivity contribution in [2.75, 3.05) is 6.26 Å². The van der Waals surface area contributed by atoms with Crippen LogP contribution in [0.1, 0.15) is 31.8 Å². The number of carbonyl (C=O) groups excluding carboxylic acids is 2. The molecule has 2 aromatic carbocycles. The summed E-state index contributed by atoms with van der Waals surface area (Å²) in [5.74, 6) is -0.110. The second-order valence-electron chi connectivity index (χ2n) is 4.09. The van der Waals surface area contributed by atoms with E-state index in [1.807, 2.05) is 18.4 Å². The van der Waals surface area contributed by atoms with Gasteiger partial charge in [-0.15, -0.1) is 11.8 Å². The van der Waals surface area contributed by atoms with Crippen LogP contribution in [0.5, 0.6) is 0 Å². The number of hydrogen-bond donors (Lipinski definition) is 0. The molecule has 1 aliphatic rings. The largest absolute Gasteiger partial charge is 0.289 e. The van der Waals surface area contributed by atoms with Crippen LogP contribution in [0.4, 0.5) is 0 Å². The molecule has 0 N–H and O–H groups in total. The summed E-state index contributed by atoms with van der Waals surface area (Å²) in [5.41, 5.74) is 2.09. The monoisotopic (exact) mass is 254 g/mol. The van der Waals surface area contributed by atoms with Crippen molar-refractivity contribution in [1.29, 1.82) is 0 Å². The van der Waals surface area contributed by atoms with E-state index in [-0.39, 0.29) is 11.6 Å². The van der Waals surface area contributed by atoms with Crippen molar-refractivity contribution in [2.24, 2.45) is 0 Å². The fraction of sp³-hybridized carbons (Fsp3) is 0.0667. The molecule has 0 saturated carbocycles. The average Bonchev–Trinajstić information content (AvgIpc) is 2.44. The maximum Gasteiger partial charge on any atom is 0.195 e. The van der Waals surface area contributed by atoms with E-state index in [0.717, 1.165) is 4.90 Å². The minimum Gasteiger partial charge on any atom is -0.289 e. The van der Waals surface area contributed by atoms with E-state index in [1.165, 1.54) is 11.8 Å². The zero-order valence-corrected chi connectivity index (χ0v) is 10.6. The fourth-order valence-corrected chi connectivity index (χ4v) is 2.90. The first-order valence-corrected chi connectivity index (χ1v) is 6.82. The number of thioether (sulfide) groups is 1. The van der Waals surface area contributed by atoms with Crippen LogP contribution in [0.25, 0.3) is 0 Å². The van der Waals surface area contributed by atoms with E-state index >= 15 is 0 Å². The average molecular weight is 254 g/mol. The van der Waals surface area contributed by atoms with Crippen LogP contribution in [0, 0.1) is 0 Å². The summed E-state index contributed by atoms with van der Waals surface area (Å²) in [6, 6.07) is 12.4. The van der Waals surface area contributed by atoms with Gasteiger partial charge < -0.3 is 0 Å². The Morgan fingerprint density at radius 1 is 0.778 bits per heavy atom. The Kier molecular flexibility index (Phi) is 2.56. The molecular formula is C15H10O2S. The Morgan fingerprint density at radius 2 is 1.39 bits per heavy atom. The molecule has 3 heteroatoms. The standard InChI is InChI=1S/C15H10O2S/c1-18-12-8-4-7-11-13(12)15(17)10-6-3-2-5-9(10)14(11)16/h2-8H,1H3. The van der Waals surface area contributed by atoms with Crippen LogP contribution >= 0.6 is 11.8 Å². The third kappa shape index (κ3) is 1.44. The quantitative estimate of drug-likeness (QED) is 0.625. The van der Waals surface area contributed by atoms with Crippen molar-refractivity contribution in [3.05, 3.63) is 64.7 Å². The van der Waals surface area contributed by atoms with Crippen LogP contribution in [0.3, 0.4) is 0 Å². The molecule has 0 unspecified atom stereocenters. The van der Waals surface area contributed by atoms with Crippen molar-refractivity contribution in [2.45, 2.75) is 4.90 Å². The smallest absolute Gasteiger partial charge is 0.195 e. The first kappa shape index (κ1) is 11.2. The van der Waals surface area contributed by atoms with Crippen molar-refractivity contribution >= 4 is 23.3 Å². The number of ketones is 2. The van der Waals surface area contributed by atoms with Gasteiger partial charge in [0.1, 0.15) is 0 Å². The molecule has 18 heavy (non-hydrogen) atoms. The maximum atomic E-state index is 12.5. The molecule has 2 aromatic rings. The highest BCUT2D eigenvalue weighted by Gasteiger charge is 2.30. The molecule has 0 amide bonds. The lowest BCUT2D eigenvalue weighted by Gasteiger charge is -2.19. The molecule has 0 bridgehead atoms. The lowest BCUT2D eigenvalue weighted by atomic mass is 9.84. The van der Waals surface area contributed by atoms with Crippen LogP contribution in [-0.2, 0) is 0 Å². The van der Waals surface area contributed by atoms with Gasteiger partial charge in [-0.05, 0) is 12.3 Å². The molecule has 0 aliphatic heterocycles. The molecule has 88 valence electrons. The molecule has 0 spiro atoms. The van der Waals surface area contributed by atoms with Crippen molar-refractivity contribution in [3.63, 3.8) is 0 Å². The first-order valence-electron chi connectivity index (χ1n) is 5.59. The highest BCUT2D eigenvalue weighted by molar-refractivity contribution is 7.98. The lowest BCUT2D eigenvalue weighted by molar-refractivity contribution is 0.0977. The van der Waals surface area contributed by atoms with Crippen molar-refractivity contribution < 1.29 is 9.59 Å². The summed E-state index contributed by atoms with van der Waals surface area (Å²) in [6.07, 6.45) is 1.91. The van der Waals surface area contributed by atoms with Gasteiger partial charge in [0.2, 0.25) is 0 Å². The van der Waals surface area contributed by atoms with Gasteiger partial charge in [0, 0.05) is 27.1 Å². The van der Waals surface area contributed by atoms with Gasteiger partial charge in [0.05, 0.1) is 0 Å². The number of rotatable bonds is 1.